The van der Waals surface area contributed by atoms with Crippen LogP contribution in [0, 0.1) is 12.3 Å². The lowest BCUT2D eigenvalue weighted by molar-refractivity contribution is -0.0506. The minimum atomic E-state index is -2.94. The van der Waals surface area contributed by atoms with Crippen LogP contribution >= 0.6 is 15.9 Å². The molecule has 3 aromatic rings. The minimum Gasteiger partial charge on any atom is -0.435 e. The molecule has 0 amide bonds. The van der Waals surface area contributed by atoms with E-state index in [2.05, 4.69) is 31.6 Å². The number of nitrogens with zero attached hydrogens (tertiary/aromatic N) is 2. The molecule has 0 fully saturated rings. The zero-order chi connectivity index (χ0) is 18.5. The number of rotatable bonds is 3. The number of para-hydroxylation sites is 1. The topological polar surface area (TPSA) is 46.8 Å². The first kappa shape index (κ1) is 17.0. The average Bonchev–Trinajstić information content (AvgIpc) is 3.11. The van der Waals surface area contributed by atoms with Crippen molar-refractivity contribution < 1.29 is 18.6 Å². The molecule has 0 saturated carbocycles. The number of pyridine rings is 1. The van der Waals surface area contributed by atoms with Gasteiger partial charge in [-0.25, -0.2) is 4.98 Å². The summed E-state index contributed by atoms with van der Waals surface area (Å²) in [5.74, 6) is 2.03. The van der Waals surface area contributed by atoms with E-state index in [1.165, 1.54) is 6.07 Å². The van der Waals surface area contributed by atoms with Crippen LogP contribution in [0.4, 0.5) is 8.78 Å². The number of hydrogen-bond acceptors (Lipinski definition) is 3. The van der Waals surface area contributed by atoms with Gasteiger partial charge in [-0.05, 0) is 34.1 Å². The normalized spacial score (nSPS) is 21.8. The van der Waals surface area contributed by atoms with Gasteiger partial charge in [0, 0.05) is 28.6 Å². The summed E-state index contributed by atoms with van der Waals surface area (Å²) in [7, 11) is 0. The van der Waals surface area contributed by atoms with E-state index in [0.29, 0.717) is 22.6 Å². The Morgan fingerprint density at radius 2 is 2.12 bits per heavy atom. The third-order valence-corrected chi connectivity index (χ3v) is 5.06. The maximum atomic E-state index is 12.8. The number of fused-ring (bicyclic) bond motifs is 3. The van der Waals surface area contributed by atoms with Gasteiger partial charge in [-0.2, -0.15) is 8.78 Å². The van der Waals surface area contributed by atoms with E-state index in [9.17, 15) is 13.9 Å². The minimum absolute atomic E-state index is 0.0599. The van der Waals surface area contributed by atoms with Crippen molar-refractivity contribution in [3.63, 3.8) is 0 Å². The summed E-state index contributed by atoms with van der Waals surface area (Å²) in [6, 6.07) is 10.2. The molecule has 2 atom stereocenters. The molecule has 1 aromatic carbocycles. The summed E-state index contributed by atoms with van der Waals surface area (Å²) >= 11 is 3.42. The highest BCUT2D eigenvalue weighted by molar-refractivity contribution is 9.10. The van der Waals surface area contributed by atoms with Crippen LogP contribution in [0.5, 0.6) is 5.75 Å². The first-order valence-corrected chi connectivity index (χ1v) is 8.64. The number of aliphatic hydroxyl groups is 1. The summed E-state index contributed by atoms with van der Waals surface area (Å²) in [5, 5.41) is 10.9. The molecule has 4 nitrogen and oxygen atoms in total. The molecule has 132 valence electrons. The van der Waals surface area contributed by atoms with Crippen molar-refractivity contribution >= 4 is 21.6 Å². The Morgan fingerprint density at radius 3 is 2.85 bits per heavy atom. The Balaban J connectivity index is 1.96. The molecule has 0 radical (unpaired) electrons. The van der Waals surface area contributed by atoms with Crippen LogP contribution < -0.4 is 4.74 Å². The molecule has 0 aliphatic heterocycles. The Kier molecular flexibility index (Phi) is 3.98. The van der Waals surface area contributed by atoms with Crippen molar-refractivity contribution in [3.8, 4) is 18.1 Å². The summed E-state index contributed by atoms with van der Waals surface area (Å²) < 4.78 is 33.0. The molecule has 0 spiro atoms. The smallest absolute Gasteiger partial charge is 0.387 e. The highest BCUT2D eigenvalue weighted by Gasteiger charge is 2.46. The van der Waals surface area contributed by atoms with E-state index in [0.717, 1.165) is 4.47 Å². The predicted molar refractivity (Wildman–Crippen MR) is 95.2 cm³/mol. The van der Waals surface area contributed by atoms with Crippen LogP contribution in [0.25, 0.3) is 5.65 Å². The molecule has 2 heterocycles. The molecule has 1 N–H and O–H groups in total. The highest BCUT2D eigenvalue weighted by Crippen LogP contribution is 2.49. The number of halogens is 3. The van der Waals surface area contributed by atoms with E-state index in [1.54, 1.807) is 24.3 Å². The molecule has 4 rings (SSSR count). The van der Waals surface area contributed by atoms with E-state index in [1.807, 2.05) is 16.7 Å². The van der Waals surface area contributed by atoms with Gasteiger partial charge in [-0.3, -0.25) is 0 Å². The number of aromatic nitrogens is 2. The first-order chi connectivity index (χ1) is 12.4. The number of alkyl halides is 2. The third kappa shape index (κ3) is 2.57. The van der Waals surface area contributed by atoms with Gasteiger partial charge in [-0.1, -0.05) is 24.1 Å². The number of terminal acetylenes is 1. The second-order valence-electron chi connectivity index (χ2n) is 6.10. The molecule has 1 aliphatic carbocycles. The molecule has 2 aromatic heterocycles. The second kappa shape index (κ2) is 6.08. The highest BCUT2D eigenvalue weighted by atomic mass is 79.9. The quantitative estimate of drug-likeness (QED) is 0.652. The number of imidazole rings is 1. The number of benzene rings is 1. The van der Waals surface area contributed by atoms with Crippen molar-refractivity contribution in [2.24, 2.45) is 0 Å². The largest absolute Gasteiger partial charge is 0.435 e. The fourth-order valence-electron chi connectivity index (χ4n) is 3.52. The molecule has 26 heavy (non-hydrogen) atoms. The zero-order valence-corrected chi connectivity index (χ0v) is 15.0. The molecule has 0 saturated heterocycles. The molecule has 0 bridgehead atoms. The van der Waals surface area contributed by atoms with Crippen molar-refractivity contribution in [2.45, 2.75) is 24.6 Å². The zero-order valence-electron chi connectivity index (χ0n) is 13.4. The molecule has 1 aliphatic rings. The van der Waals surface area contributed by atoms with Gasteiger partial charge >= 0.3 is 6.61 Å². The number of ether oxygens (including phenoxy) is 1. The average molecular weight is 419 g/mol. The van der Waals surface area contributed by atoms with Crippen LogP contribution in [0.15, 0.2) is 47.1 Å². The maximum absolute atomic E-state index is 12.8. The Morgan fingerprint density at radius 1 is 1.35 bits per heavy atom. The summed E-state index contributed by atoms with van der Waals surface area (Å²) in [6.45, 7) is -2.94. The van der Waals surface area contributed by atoms with Crippen LogP contribution in [0.1, 0.15) is 29.3 Å². The SMILES string of the molecule is C#CC1(O)CC(c2ccccc2OC(F)F)c2c1nc1ccc(Br)cn21. The van der Waals surface area contributed by atoms with E-state index < -0.39 is 18.1 Å². The summed E-state index contributed by atoms with van der Waals surface area (Å²) in [5.41, 5.74) is 0.615. The van der Waals surface area contributed by atoms with Crippen molar-refractivity contribution in [1.29, 1.82) is 0 Å². The number of hydrogen-bond donors (Lipinski definition) is 1. The van der Waals surface area contributed by atoms with Gasteiger partial charge in [0.1, 0.15) is 17.1 Å². The fraction of sp³-hybridized carbons (Fsp3) is 0.211. The monoisotopic (exact) mass is 418 g/mol. The van der Waals surface area contributed by atoms with Gasteiger partial charge < -0.3 is 14.2 Å². The Labute approximate surface area is 156 Å². The third-order valence-electron chi connectivity index (χ3n) is 4.59. The summed E-state index contributed by atoms with van der Waals surface area (Å²) in [4.78, 5) is 4.49. The lowest BCUT2D eigenvalue weighted by Crippen LogP contribution is -2.20. The van der Waals surface area contributed by atoms with Crippen LogP contribution in [0.2, 0.25) is 0 Å². The molecule has 2 unspecified atom stereocenters. The van der Waals surface area contributed by atoms with Crippen molar-refractivity contribution in [3.05, 3.63) is 64.0 Å². The first-order valence-electron chi connectivity index (χ1n) is 7.85. The molecular weight excluding hydrogens is 406 g/mol. The van der Waals surface area contributed by atoms with Gasteiger partial charge in [0.2, 0.25) is 0 Å². The van der Waals surface area contributed by atoms with E-state index >= 15 is 0 Å². The fourth-order valence-corrected chi connectivity index (χ4v) is 3.86. The molecule has 7 heteroatoms. The Hall–Kier alpha value is -2.43. The standard InChI is InChI=1S/C19H13BrF2N2O2/c1-2-19(25)9-13(12-5-3-4-6-14(12)26-18(21)22)16-17(19)23-15-8-7-11(20)10-24(15)16/h1,3-8,10,13,18,25H,9H2. The van der Waals surface area contributed by atoms with Gasteiger partial charge in [0.25, 0.3) is 0 Å². The van der Waals surface area contributed by atoms with Gasteiger partial charge in [0.15, 0.2) is 5.60 Å². The van der Waals surface area contributed by atoms with Crippen LogP contribution in [-0.4, -0.2) is 21.1 Å². The van der Waals surface area contributed by atoms with Crippen molar-refractivity contribution in [1.82, 2.24) is 9.38 Å². The van der Waals surface area contributed by atoms with Crippen LogP contribution in [-0.2, 0) is 5.60 Å². The van der Waals surface area contributed by atoms with Gasteiger partial charge in [0.05, 0.1) is 5.69 Å². The predicted octanol–water partition coefficient (Wildman–Crippen LogP) is 4.05. The van der Waals surface area contributed by atoms with Crippen LogP contribution in [0.3, 0.4) is 0 Å². The second-order valence-corrected chi connectivity index (χ2v) is 7.01. The van der Waals surface area contributed by atoms with Crippen molar-refractivity contribution in [2.75, 3.05) is 0 Å². The lowest BCUT2D eigenvalue weighted by atomic mass is 9.92. The molecular formula is C19H13BrF2N2O2. The Bertz CT molecular complexity index is 1040. The van der Waals surface area contributed by atoms with E-state index in [4.69, 9.17) is 6.42 Å². The van der Waals surface area contributed by atoms with Gasteiger partial charge in [-0.15, -0.1) is 6.42 Å². The maximum Gasteiger partial charge on any atom is 0.387 e. The lowest BCUT2D eigenvalue weighted by Gasteiger charge is -2.19. The van der Waals surface area contributed by atoms with E-state index in [-0.39, 0.29) is 12.2 Å². The summed E-state index contributed by atoms with van der Waals surface area (Å²) in [6.07, 6.45) is 7.54.